The number of nitrogens with zero attached hydrogens (tertiary/aromatic N) is 1. The van der Waals surface area contributed by atoms with Gasteiger partial charge >= 0.3 is 6.09 Å². The maximum absolute atomic E-state index is 12.5. The maximum Gasteiger partial charge on any atom is 0.410 e. The quantitative estimate of drug-likeness (QED) is 0.648. The Morgan fingerprint density at radius 2 is 2.00 bits per heavy atom. The van der Waals surface area contributed by atoms with E-state index in [0.29, 0.717) is 19.7 Å². The first-order valence-electron chi connectivity index (χ1n) is 9.18. The van der Waals surface area contributed by atoms with Crippen molar-refractivity contribution in [2.24, 2.45) is 0 Å². The van der Waals surface area contributed by atoms with Crippen molar-refractivity contribution >= 4 is 22.0 Å². The van der Waals surface area contributed by atoms with Crippen LogP contribution in [0.1, 0.15) is 44.2 Å². The van der Waals surface area contributed by atoms with E-state index in [1.165, 1.54) is 0 Å². The molecule has 0 aliphatic carbocycles. The highest BCUT2D eigenvalue weighted by Gasteiger charge is 2.35. The SMILES string of the molecule is CC(C)(C)OC(=O)N1CCC(c2ccoc2)C(OCc2ccc(Br)cc2)C1. The van der Waals surface area contributed by atoms with Gasteiger partial charge in [0.1, 0.15) is 5.60 Å². The number of carbonyl (C=O) groups is 1. The van der Waals surface area contributed by atoms with Gasteiger partial charge in [-0.1, -0.05) is 28.1 Å². The second-order valence-corrected chi connectivity index (χ2v) is 8.77. The zero-order valence-corrected chi connectivity index (χ0v) is 17.6. The van der Waals surface area contributed by atoms with Crippen LogP contribution in [0.5, 0.6) is 0 Å². The van der Waals surface area contributed by atoms with E-state index in [1.807, 2.05) is 51.1 Å². The molecule has 1 aliphatic rings. The van der Waals surface area contributed by atoms with Crippen molar-refractivity contribution in [2.75, 3.05) is 13.1 Å². The summed E-state index contributed by atoms with van der Waals surface area (Å²) in [5, 5.41) is 0. The molecule has 2 heterocycles. The fourth-order valence-electron chi connectivity index (χ4n) is 3.23. The van der Waals surface area contributed by atoms with Crippen LogP contribution in [0.2, 0.25) is 0 Å². The van der Waals surface area contributed by atoms with Crippen LogP contribution in [0.4, 0.5) is 4.79 Å². The number of halogens is 1. The zero-order chi connectivity index (χ0) is 19.4. The van der Waals surface area contributed by atoms with Crippen LogP contribution >= 0.6 is 15.9 Å². The molecule has 2 atom stereocenters. The molecule has 1 aliphatic heterocycles. The highest BCUT2D eigenvalue weighted by molar-refractivity contribution is 9.10. The van der Waals surface area contributed by atoms with Crippen LogP contribution < -0.4 is 0 Å². The molecular weight excluding hydrogens is 410 g/mol. The number of carbonyl (C=O) groups excluding carboxylic acids is 1. The largest absolute Gasteiger partial charge is 0.472 e. The van der Waals surface area contributed by atoms with Gasteiger partial charge in [-0.2, -0.15) is 0 Å². The van der Waals surface area contributed by atoms with Gasteiger partial charge in [0.05, 0.1) is 31.8 Å². The van der Waals surface area contributed by atoms with Gasteiger partial charge in [0, 0.05) is 16.9 Å². The van der Waals surface area contributed by atoms with E-state index in [1.54, 1.807) is 17.4 Å². The summed E-state index contributed by atoms with van der Waals surface area (Å²) < 4.78 is 18.1. The number of hydrogen-bond acceptors (Lipinski definition) is 4. The van der Waals surface area contributed by atoms with Crippen molar-refractivity contribution in [3.63, 3.8) is 0 Å². The number of rotatable bonds is 4. The number of amides is 1. The Labute approximate surface area is 168 Å². The highest BCUT2D eigenvalue weighted by Crippen LogP contribution is 2.32. The molecule has 1 fully saturated rings. The molecule has 1 amide bonds. The summed E-state index contributed by atoms with van der Waals surface area (Å²) in [6, 6.07) is 10.0. The fourth-order valence-corrected chi connectivity index (χ4v) is 3.49. The summed E-state index contributed by atoms with van der Waals surface area (Å²) in [7, 11) is 0. The molecule has 0 N–H and O–H groups in total. The maximum atomic E-state index is 12.5. The zero-order valence-electron chi connectivity index (χ0n) is 16.0. The third-order valence-electron chi connectivity index (χ3n) is 4.56. The molecule has 0 bridgehead atoms. The lowest BCUT2D eigenvalue weighted by atomic mass is 9.88. The van der Waals surface area contributed by atoms with Gasteiger partial charge in [0.15, 0.2) is 0 Å². The van der Waals surface area contributed by atoms with Crippen molar-refractivity contribution in [2.45, 2.75) is 51.4 Å². The first kappa shape index (κ1) is 20.0. The Morgan fingerprint density at radius 3 is 2.63 bits per heavy atom. The Kier molecular flexibility index (Phi) is 6.27. The van der Waals surface area contributed by atoms with Crippen LogP contribution in [-0.4, -0.2) is 35.8 Å². The van der Waals surface area contributed by atoms with Crippen LogP contribution in [0, 0.1) is 0 Å². The summed E-state index contributed by atoms with van der Waals surface area (Å²) in [4.78, 5) is 14.2. The molecule has 1 saturated heterocycles. The third kappa shape index (κ3) is 5.59. The summed E-state index contributed by atoms with van der Waals surface area (Å²) in [5.41, 5.74) is 1.70. The Hall–Kier alpha value is -1.79. The minimum absolute atomic E-state index is 0.118. The minimum atomic E-state index is -0.508. The van der Waals surface area contributed by atoms with E-state index < -0.39 is 5.60 Å². The number of benzene rings is 1. The molecule has 6 heteroatoms. The van der Waals surface area contributed by atoms with Gasteiger partial charge in [-0.05, 0) is 56.5 Å². The molecular formula is C21H26BrNO4. The molecule has 5 nitrogen and oxygen atoms in total. The highest BCUT2D eigenvalue weighted by atomic mass is 79.9. The van der Waals surface area contributed by atoms with Crippen LogP contribution in [0.3, 0.4) is 0 Å². The van der Waals surface area contributed by atoms with Crippen LogP contribution in [0.15, 0.2) is 51.7 Å². The van der Waals surface area contributed by atoms with Crippen molar-refractivity contribution in [1.82, 2.24) is 4.90 Å². The second kappa shape index (κ2) is 8.48. The molecule has 0 radical (unpaired) electrons. The first-order chi connectivity index (χ1) is 12.8. The smallest absolute Gasteiger partial charge is 0.410 e. The van der Waals surface area contributed by atoms with Crippen molar-refractivity contribution in [3.05, 3.63) is 58.5 Å². The molecule has 0 spiro atoms. The van der Waals surface area contributed by atoms with E-state index >= 15 is 0 Å². The lowest BCUT2D eigenvalue weighted by Gasteiger charge is -2.38. The molecule has 2 aromatic rings. The molecule has 1 aromatic carbocycles. The molecule has 1 aromatic heterocycles. The lowest BCUT2D eigenvalue weighted by molar-refractivity contribution is -0.0360. The average molecular weight is 436 g/mol. The Morgan fingerprint density at radius 1 is 1.26 bits per heavy atom. The number of piperidine rings is 1. The summed E-state index contributed by atoms with van der Waals surface area (Å²) in [5.74, 6) is 0.192. The minimum Gasteiger partial charge on any atom is -0.472 e. The number of ether oxygens (including phenoxy) is 2. The van der Waals surface area contributed by atoms with Gasteiger partial charge in [-0.15, -0.1) is 0 Å². The molecule has 146 valence electrons. The van der Waals surface area contributed by atoms with E-state index in [-0.39, 0.29) is 18.1 Å². The summed E-state index contributed by atoms with van der Waals surface area (Å²) in [6.45, 7) is 7.28. The fraction of sp³-hybridized carbons (Fsp3) is 0.476. The van der Waals surface area contributed by atoms with E-state index in [4.69, 9.17) is 13.9 Å². The monoisotopic (exact) mass is 435 g/mol. The van der Waals surface area contributed by atoms with Gasteiger partial charge in [-0.3, -0.25) is 0 Å². The third-order valence-corrected chi connectivity index (χ3v) is 5.09. The van der Waals surface area contributed by atoms with Gasteiger partial charge in [-0.25, -0.2) is 4.79 Å². The van der Waals surface area contributed by atoms with Crippen molar-refractivity contribution in [1.29, 1.82) is 0 Å². The molecule has 27 heavy (non-hydrogen) atoms. The van der Waals surface area contributed by atoms with Gasteiger partial charge in [0.2, 0.25) is 0 Å². The standard InChI is InChI=1S/C21H26BrNO4/c1-21(2,3)27-20(24)23-10-8-18(16-9-11-25-14-16)19(12-23)26-13-15-4-6-17(22)7-5-15/h4-7,9,11,14,18-19H,8,10,12-13H2,1-3H3. The van der Waals surface area contributed by atoms with E-state index in [9.17, 15) is 4.79 Å². The topological polar surface area (TPSA) is 51.9 Å². The molecule has 0 saturated carbocycles. The van der Waals surface area contributed by atoms with Crippen LogP contribution in [0.25, 0.3) is 0 Å². The second-order valence-electron chi connectivity index (χ2n) is 7.85. The summed E-state index contributed by atoms with van der Waals surface area (Å²) in [6.07, 6.45) is 3.85. The normalized spacial score (nSPS) is 20.5. The summed E-state index contributed by atoms with van der Waals surface area (Å²) >= 11 is 3.45. The van der Waals surface area contributed by atoms with Gasteiger partial charge < -0.3 is 18.8 Å². The Balaban J connectivity index is 1.69. The first-order valence-corrected chi connectivity index (χ1v) is 9.97. The number of hydrogen-bond donors (Lipinski definition) is 0. The van der Waals surface area contributed by atoms with E-state index in [0.717, 1.165) is 22.0 Å². The predicted octanol–water partition coefficient (Wildman–Crippen LogP) is 5.35. The van der Waals surface area contributed by atoms with Gasteiger partial charge in [0.25, 0.3) is 0 Å². The van der Waals surface area contributed by atoms with Crippen LogP contribution in [-0.2, 0) is 16.1 Å². The predicted molar refractivity (Wildman–Crippen MR) is 107 cm³/mol. The average Bonchev–Trinajstić information content (AvgIpc) is 3.14. The number of likely N-dealkylation sites (tertiary alicyclic amines) is 1. The molecule has 3 rings (SSSR count). The lowest BCUT2D eigenvalue weighted by Crippen LogP contribution is -2.48. The van der Waals surface area contributed by atoms with E-state index in [2.05, 4.69) is 15.9 Å². The van der Waals surface area contributed by atoms with Crippen molar-refractivity contribution in [3.8, 4) is 0 Å². The Bertz CT molecular complexity index is 737. The molecule has 2 unspecified atom stereocenters. The number of furan rings is 1. The van der Waals surface area contributed by atoms with Crippen molar-refractivity contribution < 1.29 is 18.7 Å².